The smallest absolute Gasteiger partial charge is 0.251 e. The molecular formula is C15H22FNO. The minimum absolute atomic E-state index is 0.0386. The van der Waals surface area contributed by atoms with Crippen LogP contribution in [0, 0.1) is 23.6 Å². The highest BCUT2D eigenvalue weighted by Crippen LogP contribution is 2.24. The van der Waals surface area contributed by atoms with Crippen LogP contribution in [0.15, 0.2) is 18.2 Å². The highest BCUT2D eigenvalue weighted by molar-refractivity contribution is 5.93. The third-order valence-electron chi connectivity index (χ3n) is 3.81. The summed E-state index contributed by atoms with van der Waals surface area (Å²) < 4.78 is 13.6. The van der Waals surface area contributed by atoms with Crippen molar-refractivity contribution in [2.45, 2.75) is 34.1 Å². The molecule has 1 amide bonds. The molecule has 0 heterocycles. The largest absolute Gasteiger partial charge is 0.366 e. The van der Waals surface area contributed by atoms with E-state index < -0.39 is 11.7 Å². The molecule has 1 aromatic rings. The maximum Gasteiger partial charge on any atom is 0.251 e. The molecule has 0 fully saturated rings. The van der Waals surface area contributed by atoms with E-state index in [4.69, 9.17) is 5.73 Å². The van der Waals surface area contributed by atoms with Crippen molar-refractivity contribution in [2.75, 3.05) is 0 Å². The van der Waals surface area contributed by atoms with Gasteiger partial charge in [0.1, 0.15) is 5.82 Å². The zero-order valence-electron chi connectivity index (χ0n) is 11.5. The van der Waals surface area contributed by atoms with Gasteiger partial charge in [-0.05, 0) is 41.9 Å². The Morgan fingerprint density at radius 2 is 1.89 bits per heavy atom. The average molecular weight is 251 g/mol. The molecule has 0 aromatic heterocycles. The van der Waals surface area contributed by atoms with Gasteiger partial charge in [-0.3, -0.25) is 4.79 Å². The highest BCUT2D eigenvalue weighted by atomic mass is 19.1. The number of benzene rings is 1. The summed E-state index contributed by atoms with van der Waals surface area (Å²) in [6.45, 7) is 8.77. The average Bonchev–Trinajstić information content (AvgIpc) is 2.27. The Morgan fingerprint density at radius 1 is 1.28 bits per heavy atom. The molecule has 0 spiro atoms. The Morgan fingerprint density at radius 3 is 2.33 bits per heavy atom. The molecule has 0 aliphatic heterocycles. The van der Waals surface area contributed by atoms with Crippen LogP contribution in [-0.2, 0) is 6.42 Å². The molecule has 0 saturated carbocycles. The van der Waals surface area contributed by atoms with Crippen molar-refractivity contribution in [3.05, 3.63) is 35.1 Å². The van der Waals surface area contributed by atoms with E-state index >= 15 is 0 Å². The number of hydrogen-bond donors (Lipinski definition) is 1. The molecule has 0 bridgehead atoms. The molecule has 0 aliphatic rings. The lowest BCUT2D eigenvalue weighted by molar-refractivity contribution is 0.0996. The first kappa shape index (κ1) is 14.7. The molecular weight excluding hydrogens is 229 g/mol. The first-order chi connectivity index (χ1) is 8.32. The molecule has 3 heteroatoms. The lowest BCUT2D eigenvalue weighted by Crippen LogP contribution is -2.17. The van der Waals surface area contributed by atoms with Crippen LogP contribution in [-0.4, -0.2) is 5.91 Å². The summed E-state index contributed by atoms with van der Waals surface area (Å²) in [5, 5.41) is 0. The Hall–Kier alpha value is -1.38. The summed E-state index contributed by atoms with van der Waals surface area (Å²) >= 11 is 0. The molecule has 1 rings (SSSR count). The fraction of sp³-hybridized carbons (Fsp3) is 0.533. The number of hydrogen-bond acceptors (Lipinski definition) is 1. The normalized spacial score (nSPS) is 14.6. The first-order valence-electron chi connectivity index (χ1n) is 6.41. The highest BCUT2D eigenvalue weighted by Gasteiger charge is 2.17. The van der Waals surface area contributed by atoms with Gasteiger partial charge >= 0.3 is 0 Å². The fourth-order valence-corrected chi connectivity index (χ4v) is 2.10. The molecule has 100 valence electrons. The topological polar surface area (TPSA) is 43.1 Å². The zero-order valence-corrected chi connectivity index (χ0v) is 11.5. The van der Waals surface area contributed by atoms with Crippen LogP contribution in [0.1, 0.15) is 43.6 Å². The summed E-state index contributed by atoms with van der Waals surface area (Å²) in [5.74, 6) is 0.412. The third-order valence-corrected chi connectivity index (χ3v) is 3.81. The van der Waals surface area contributed by atoms with Crippen molar-refractivity contribution >= 4 is 5.91 Å². The van der Waals surface area contributed by atoms with Crippen LogP contribution in [0.4, 0.5) is 4.39 Å². The van der Waals surface area contributed by atoms with Gasteiger partial charge in [0.05, 0.1) is 5.56 Å². The standard InChI is InChI=1S/C15H22FNO/c1-9(2)11(4)10(3)7-12-5-6-13(15(17)18)14(16)8-12/h5-6,8-11H,7H2,1-4H3,(H2,17,18). The number of halogens is 1. The first-order valence-corrected chi connectivity index (χ1v) is 6.41. The maximum absolute atomic E-state index is 13.6. The lowest BCUT2D eigenvalue weighted by Gasteiger charge is -2.23. The summed E-state index contributed by atoms with van der Waals surface area (Å²) in [6, 6.07) is 4.68. The Kier molecular flexibility index (Phi) is 4.88. The van der Waals surface area contributed by atoms with Crippen molar-refractivity contribution in [2.24, 2.45) is 23.5 Å². The SMILES string of the molecule is CC(C)C(C)C(C)Cc1ccc(C(N)=O)c(F)c1. The van der Waals surface area contributed by atoms with E-state index in [1.54, 1.807) is 6.07 Å². The van der Waals surface area contributed by atoms with Crippen molar-refractivity contribution in [3.63, 3.8) is 0 Å². The summed E-state index contributed by atoms with van der Waals surface area (Å²) in [7, 11) is 0. The van der Waals surface area contributed by atoms with Gasteiger partial charge in [0, 0.05) is 0 Å². The van der Waals surface area contributed by atoms with Gasteiger partial charge in [-0.1, -0.05) is 33.8 Å². The van der Waals surface area contributed by atoms with Crippen LogP contribution in [0.25, 0.3) is 0 Å². The van der Waals surface area contributed by atoms with E-state index in [0.717, 1.165) is 12.0 Å². The number of rotatable bonds is 5. The molecule has 0 saturated heterocycles. The molecule has 18 heavy (non-hydrogen) atoms. The summed E-state index contributed by atoms with van der Waals surface area (Å²) in [6.07, 6.45) is 0.815. The Balaban J connectivity index is 2.80. The lowest BCUT2D eigenvalue weighted by atomic mass is 9.82. The fourth-order valence-electron chi connectivity index (χ4n) is 2.10. The summed E-state index contributed by atoms with van der Waals surface area (Å²) in [5.41, 5.74) is 5.95. The molecule has 2 N–H and O–H groups in total. The monoisotopic (exact) mass is 251 g/mol. The van der Waals surface area contributed by atoms with Gasteiger partial charge in [-0.15, -0.1) is 0 Å². The second kappa shape index (κ2) is 5.98. The number of carbonyl (C=O) groups excluding carboxylic acids is 1. The zero-order chi connectivity index (χ0) is 13.9. The van der Waals surface area contributed by atoms with Crippen LogP contribution >= 0.6 is 0 Å². The molecule has 2 unspecified atom stereocenters. The minimum atomic E-state index is -0.720. The third kappa shape index (κ3) is 3.56. The number of primary amides is 1. The maximum atomic E-state index is 13.6. The minimum Gasteiger partial charge on any atom is -0.366 e. The van der Waals surface area contributed by atoms with Crippen LogP contribution in [0.3, 0.4) is 0 Å². The van der Waals surface area contributed by atoms with E-state index in [2.05, 4.69) is 27.7 Å². The molecule has 0 aliphatic carbocycles. The van der Waals surface area contributed by atoms with Gasteiger partial charge < -0.3 is 5.73 Å². The molecule has 2 atom stereocenters. The van der Waals surface area contributed by atoms with Crippen LogP contribution < -0.4 is 5.73 Å². The number of amides is 1. The van der Waals surface area contributed by atoms with E-state index in [-0.39, 0.29) is 5.56 Å². The van der Waals surface area contributed by atoms with Crippen molar-refractivity contribution < 1.29 is 9.18 Å². The Bertz CT molecular complexity index is 429. The molecule has 0 radical (unpaired) electrons. The number of nitrogens with two attached hydrogens (primary N) is 1. The van der Waals surface area contributed by atoms with Gasteiger partial charge in [0.15, 0.2) is 0 Å². The predicted molar refractivity (Wildman–Crippen MR) is 71.8 cm³/mol. The Labute approximate surface area is 108 Å². The van der Waals surface area contributed by atoms with Gasteiger partial charge in [-0.25, -0.2) is 4.39 Å². The van der Waals surface area contributed by atoms with E-state index in [1.807, 2.05) is 0 Å². The number of carbonyl (C=O) groups is 1. The van der Waals surface area contributed by atoms with Crippen LogP contribution in [0.2, 0.25) is 0 Å². The second-order valence-corrected chi connectivity index (χ2v) is 5.46. The summed E-state index contributed by atoms with van der Waals surface area (Å²) in [4.78, 5) is 10.9. The van der Waals surface area contributed by atoms with E-state index in [0.29, 0.717) is 17.8 Å². The van der Waals surface area contributed by atoms with Gasteiger partial charge in [0.2, 0.25) is 0 Å². The van der Waals surface area contributed by atoms with Gasteiger partial charge in [0.25, 0.3) is 5.91 Å². The van der Waals surface area contributed by atoms with Crippen molar-refractivity contribution in [1.29, 1.82) is 0 Å². The van der Waals surface area contributed by atoms with E-state index in [9.17, 15) is 9.18 Å². The van der Waals surface area contributed by atoms with Gasteiger partial charge in [-0.2, -0.15) is 0 Å². The predicted octanol–water partition coefficient (Wildman–Crippen LogP) is 3.40. The second-order valence-electron chi connectivity index (χ2n) is 5.46. The van der Waals surface area contributed by atoms with Crippen molar-refractivity contribution in [3.8, 4) is 0 Å². The quantitative estimate of drug-likeness (QED) is 0.856. The van der Waals surface area contributed by atoms with E-state index in [1.165, 1.54) is 12.1 Å². The molecule has 2 nitrogen and oxygen atoms in total. The van der Waals surface area contributed by atoms with Crippen LogP contribution in [0.5, 0.6) is 0 Å². The molecule has 1 aromatic carbocycles. The van der Waals surface area contributed by atoms with Crippen molar-refractivity contribution in [1.82, 2.24) is 0 Å².